The third-order valence-corrected chi connectivity index (χ3v) is 5.22. The summed E-state index contributed by atoms with van der Waals surface area (Å²) in [6, 6.07) is 5.45. The SMILES string of the molecule is COc1ccc(C=CC(=O)OCC(=O)NC2CCCC(C)C2C)cc1OC. The quantitative estimate of drug-likeness (QED) is 0.585. The molecule has 6 nitrogen and oxygen atoms in total. The van der Waals surface area contributed by atoms with Crippen molar-refractivity contribution in [3.8, 4) is 11.5 Å². The maximum Gasteiger partial charge on any atom is 0.331 e. The zero-order valence-corrected chi connectivity index (χ0v) is 16.5. The van der Waals surface area contributed by atoms with Crippen LogP contribution in [0.2, 0.25) is 0 Å². The van der Waals surface area contributed by atoms with Crippen molar-refractivity contribution in [2.45, 2.75) is 39.2 Å². The molecule has 1 fully saturated rings. The smallest absolute Gasteiger partial charge is 0.331 e. The molecule has 1 aromatic carbocycles. The van der Waals surface area contributed by atoms with E-state index in [2.05, 4.69) is 19.2 Å². The van der Waals surface area contributed by atoms with Gasteiger partial charge >= 0.3 is 5.97 Å². The van der Waals surface area contributed by atoms with Crippen LogP contribution in [0.15, 0.2) is 24.3 Å². The van der Waals surface area contributed by atoms with Crippen LogP contribution in [0.5, 0.6) is 11.5 Å². The summed E-state index contributed by atoms with van der Waals surface area (Å²) in [6.07, 6.45) is 6.19. The molecule has 3 atom stereocenters. The lowest BCUT2D eigenvalue weighted by atomic mass is 9.78. The van der Waals surface area contributed by atoms with Crippen LogP contribution in [0.1, 0.15) is 38.7 Å². The highest BCUT2D eigenvalue weighted by atomic mass is 16.5. The number of carbonyl (C=O) groups excluding carboxylic acids is 2. The van der Waals surface area contributed by atoms with Gasteiger partial charge in [-0.3, -0.25) is 4.79 Å². The van der Waals surface area contributed by atoms with Gasteiger partial charge in [0.1, 0.15) is 0 Å². The molecule has 0 aliphatic heterocycles. The summed E-state index contributed by atoms with van der Waals surface area (Å²) in [6.45, 7) is 4.10. The lowest BCUT2D eigenvalue weighted by Gasteiger charge is -2.34. The molecule has 0 aromatic heterocycles. The number of nitrogens with one attached hydrogen (secondary N) is 1. The van der Waals surface area contributed by atoms with Crippen LogP contribution in [0.25, 0.3) is 6.08 Å². The molecular weight excluding hydrogens is 346 g/mol. The first-order valence-electron chi connectivity index (χ1n) is 9.30. The van der Waals surface area contributed by atoms with Gasteiger partial charge in [0.15, 0.2) is 18.1 Å². The summed E-state index contributed by atoms with van der Waals surface area (Å²) in [5.41, 5.74) is 0.763. The maximum absolute atomic E-state index is 12.1. The molecule has 148 valence electrons. The molecule has 1 amide bonds. The van der Waals surface area contributed by atoms with Crippen LogP contribution in [0, 0.1) is 11.8 Å². The fourth-order valence-electron chi connectivity index (χ4n) is 3.34. The van der Waals surface area contributed by atoms with Gasteiger partial charge in [0.2, 0.25) is 0 Å². The third kappa shape index (κ3) is 6.01. The van der Waals surface area contributed by atoms with Gasteiger partial charge in [0.25, 0.3) is 5.91 Å². The van der Waals surface area contributed by atoms with Crippen LogP contribution in [-0.4, -0.2) is 38.7 Å². The number of amides is 1. The summed E-state index contributed by atoms with van der Waals surface area (Å²) < 4.78 is 15.4. The van der Waals surface area contributed by atoms with E-state index in [-0.39, 0.29) is 18.6 Å². The van der Waals surface area contributed by atoms with Crippen LogP contribution >= 0.6 is 0 Å². The van der Waals surface area contributed by atoms with Crippen molar-refractivity contribution in [2.75, 3.05) is 20.8 Å². The molecule has 0 spiro atoms. The van der Waals surface area contributed by atoms with Gasteiger partial charge in [0.05, 0.1) is 14.2 Å². The number of hydrogen-bond donors (Lipinski definition) is 1. The van der Waals surface area contributed by atoms with Crippen molar-refractivity contribution in [3.05, 3.63) is 29.8 Å². The molecule has 6 heteroatoms. The standard InChI is InChI=1S/C21H29NO5/c1-14-6-5-7-17(15(14)2)22-20(23)13-27-21(24)11-9-16-8-10-18(25-3)19(12-16)26-4/h8-12,14-15,17H,5-7,13H2,1-4H3,(H,22,23). The fraction of sp³-hybridized carbons (Fsp3) is 0.524. The molecule has 0 saturated heterocycles. The highest BCUT2D eigenvalue weighted by molar-refractivity contribution is 5.89. The predicted molar refractivity (Wildman–Crippen MR) is 104 cm³/mol. The summed E-state index contributed by atoms with van der Waals surface area (Å²) in [5, 5.41) is 2.99. The van der Waals surface area contributed by atoms with Crippen molar-refractivity contribution in [1.29, 1.82) is 0 Å². The number of rotatable bonds is 7. The Kier molecular flexibility index (Phi) is 7.70. The second-order valence-corrected chi connectivity index (χ2v) is 7.00. The van der Waals surface area contributed by atoms with Crippen molar-refractivity contribution in [3.63, 3.8) is 0 Å². The largest absolute Gasteiger partial charge is 0.493 e. The Morgan fingerprint density at radius 1 is 1.15 bits per heavy atom. The Hall–Kier alpha value is -2.50. The number of carbonyl (C=O) groups is 2. The van der Waals surface area contributed by atoms with E-state index in [0.29, 0.717) is 23.3 Å². The number of methoxy groups -OCH3 is 2. The van der Waals surface area contributed by atoms with E-state index < -0.39 is 5.97 Å². The number of hydrogen-bond acceptors (Lipinski definition) is 5. The zero-order chi connectivity index (χ0) is 19.8. The first kappa shape index (κ1) is 20.8. The molecule has 3 unspecified atom stereocenters. The van der Waals surface area contributed by atoms with Gasteiger partial charge in [-0.1, -0.05) is 32.8 Å². The molecule has 0 heterocycles. The zero-order valence-electron chi connectivity index (χ0n) is 16.5. The molecule has 1 aliphatic rings. The van der Waals surface area contributed by atoms with E-state index in [1.807, 2.05) is 0 Å². The maximum atomic E-state index is 12.1. The fourth-order valence-corrected chi connectivity index (χ4v) is 3.34. The average Bonchev–Trinajstić information content (AvgIpc) is 2.68. The molecule has 2 rings (SSSR count). The molecule has 1 N–H and O–H groups in total. The van der Waals surface area contributed by atoms with Gasteiger partial charge in [-0.25, -0.2) is 4.79 Å². The second-order valence-electron chi connectivity index (χ2n) is 7.00. The van der Waals surface area contributed by atoms with Gasteiger partial charge in [-0.2, -0.15) is 0 Å². The van der Waals surface area contributed by atoms with E-state index in [1.165, 1.54) is 12.5 Å². The molecule has 1 aliphatic carbocycles. The Bertz CT molecular complexity index is 685. The van der Waals surface area contributed by atoms with Crippen LogP contribution in [0.3, 0.4) is 0 Å². The van der Waals surface area contributed by atoms with Crippen molar-refractivity contribution >= 4 is 18.0 Å². The molecular formula is C21H29NO5. The summed E-state index contributed by atoms with van der Waals surface area (Å²) in [7, 11) is 3.11. The third-order valence-electron chi connectivity index (χ3n) is 5.22. The van der Waals surface area contributed by atoms with E-state index >= 15 is 0 Å². The van der Waals surface area contributed by atoms with Crippen LogP contribution in [0.4, 0.5) is 0 Å². The second kappa shape index (κ2) is 10.00. The summed E-state index contributed by atoms with van der Waals surface area (Å²) in [5.74, 6) is 1.39. The first-order chi connectivity index (χ1) is 12.9. The van der Waals surface area contributed by atoms with Gasteiger partial charge in [-0.05, 0) is 42.0 Å². The van der Waals surface area contributed by atoms with Crippen molar-refractivity contribution < 1.29 is 23.8 Å². The summed E-state index contributed by atoms with van der Waals surface area (Å²) >= 11 is 0. The Balaban J connectivity index is 1.81. The van der Waals surface area contributed by atoms with E-state index in [1.54, 1.807) is 38.5 Å². The van der Waals surface area contributed by atoms with Crippen LogP contribution in [-0.2, 0) is 14.3 Å². The minimum Gasteiger partial charge on any atom is -0.493 e. The highest BCUT2D eigenvalue weighted by Gasteiger charge is 2.28. The normalized spacial score (nSPS) is 22.3. The van der Waals surface area contributed by atoms with E-state index in [9.17, 15) is 9.59 Å². The minimum atomic E-state index is -0.565. The molecule has 0 radical (unpaired) electrons. The average molecular weight is 375 g/mol. The Morgan fingerprint density at radius 2 is 1.89 bits per heavy atom. The molecule has 27 heavy (non-hydrogen) atoms. The topological polar surface area (TPSA) is 73.9 Å². The van der Waals surface area contributed by atoms with Crippen molar-refractivity contribution in [1.82, 2.24) is 5.32 Å². The Morgan fingerprint density at radius 3 is 2.59 bits per heavy atom. The highest BCUT2D eigenvalue weighted by Crippen LogP contribution is 2.29. The van der Waals surface area contributed by atoms with E-state index in [4.69, 9.17) is 14.2 Å². The molecule has 1 aromatic rings. The monoisotopic (exact) mass is 375 g/mol. The number of ether oxygens (including phenoxy) is 3. The lowest BCUT2D eigenvalue weighted by Crippen LogP contribution is -2.45. The van der Waals surface area contributed by atoms with Gasteiger partial charge < -0.3 is 19.5 Å². The number of benzene rings is 1. The van der Waals surface area contributed by atoms with Gasteiger partial charge in [-0.15, -0.1) is 0 Å². The Labute approximate surface area is 160 Å². The minimum absolute atomic E-state index is 0.155. The number of esters is 1. The molecule has 1 saturated carbocycles. The van der Waals surface area contributed by atoms with Crippen molar-refractivity contribution in [2.24, 2.45) is 11.8 Å². The predicted octanol–water partition coefficient (Wildman–Crippen LogP) is 3.20. The summed E-state index contributed by atoms with van der Waals surface area (Å²) in [4.78, 5) is 23.9. The van der Waals surface area contributed by atoms with Gasteiger partial charge in [0, 0.05) is 12.1 Å². The van der Waals surface area contributed by atoms with Crippen LogP contribution < -0.4 is 14.8 Å². The first-order valence-corrected chi connectivity index (χ1v) is 9.30. The van der Waals surface area contributed by atoms with E-state index in [0.717, 1.165) is 18.4 Å². The molecule has 0 bridgehead atoms. The lowest BCUT2D eigenvalue weighted by molar-refractivity contribution is -0.144.